The van der Waals surface area contributed by atoms with E-state index in [1.54, 1.807) is 0 Å². The Bertz CT molecular complexity index is 450. The van der Waals surface area contributed by atoms with Gasteiger partial charge in [0, 0.05) is 12.7 Å². The Morgan fingerprint density at radius 1 is 0.727 bits per heavy atom. The molecule has 118 valence electrons. The number of hydrogen-bond donors (Lipinski definition) is 2. The Kier molecular flexibility index (Phi) is 7.71. The number of nitrogens with one attached hydrogen (secondary N) is 1. The molecule has 0 amide bonds. The van der Waals surface area contributed by atoms with E-state index in [1.165, 1.54) is 36.8 Å². The van der Waals surface area contributed by atoms with E-state index in [9.17, 15) is 0 Å². The first kappa shape index (κ1) is 16.7. The molecule has 0 spiro atoms. The third kappa shape index (κ3) is 6.42. The van der Waals surface area contributed by atoms with Gasteiger partial charge in [-0.1, -0.05) is 60.7 Å². The highest BCUT2D eigenvalue weighted by molar-refractivity contribution is 5.15. The zero-order valence-corrected chi connectivity index (χ0v) is 13.4. The zero-order chi connectivity index (χ0) is 15.5. The minimum absolute atomic E-state index is 0.539. The number of aryl methyl sites for hydroxylation is 2. The summed E-state index contributed by atoms with van der Waals surface area (Å²) < 4.78 is 0. The second kappa shape index (κ2) is 10.1. The van der Waals surface area contributed by atoms with Gasteiger partial charge in [-0.05, 0) is 49.7 Å². The second-order valence-electron chi connectivity index (χ2n) is 5.86. The van der Waals surface area contributed by atoms with Gasteiger partial charge in [0.25, 0.3) is 0 Å². The molecule has 0 bridgehead atoms. The molecule has 2 rings (SSSR count). The van der Waals surface area contributed by atoms with Gasteiger partial charge in [-0.25, -0.2) is 0 Å². The third-order valence-electron chi connectivity index (χ3n) is 4.13. The van der Waals surface area contributed by atoms with Crippen molar-refractivity contribution in [3.63, 3.8) is 0 Å². The van der Waals surface area contributed by atoms with Crippen molar-refractivity contribution in [3.8, 4) is 0 Å². The van der Waals surface area contributed by atoms with Gasteiger partial charge >= 0.3 is 0 Å². The Morgan fingerprint density at radius 3 is 1.59 bits per heavy atom. The summed E-state index contributed by atoms with van der Waals surface area (Å²) in [7, 11) is 0. The van der Waals surface area contributed by atoms with Crippen LogP contribution in [0.5, 0.6) is 0 Å². The first-order valence-corrected chi connectivity index (χ1v) is 8.40. The van der Waals surface area contributed by atoms with E-state index in [-0.39, 0.29) is 0 Å². The molecule has 0 unspecified atom stereocenters. The van der Waals surface area contributed by atoms with Crippen molar-refractivity contribution < 1.29 is 0 Å². The van der Waals surface area contributed by atoms with E-state index in [0.717, 1.165) is 12.8 Å². The molecule has 0 saturated heterocycles. The number of hydrogen-bond acceptors (Lipinski definition) is 2. The molecule has 22 heavy (non-hydrogen) atoms. The fourth-order valence-electron chi connectivity index (χ4n) is 2.91. The Labute approximate surface area is 134 Å². The maximum absolute atomic E-state index is 5.68. The predicted octanol–water partition coefficient (Wildman–Crippen LogP) is 3.91. The molecule has 2 aromatic carbocycles. The lowest BCUT2D eigenvalue weighted by atomic mass is 9.99. The van der Waals surface area contributed by atoms with Crippen LogP contribution in [0.1, 0.15) is 36.8 Å². The van der Waals surface area contributed by atoms with Crippen molar-refractivity contribution in [3.05, 3.63) is 71.8 Å². The zero-order valence-electron chi connectivity index (χ0n) is 13.4. The molecule has 2 heteroatoms. The van der Waals surface area contributed by atoms with E-state index >= 15 is 0 Å². The topological polar surface area (TPSA) is 38.0 Å². The Balaban J connectivity index is 1.68. The van der Waals surface area contributed by atoms with Crippen LogP contribution >= 0.6 is 0 Å². The van der Waals surface area contributed by atoms with Gasteiger partial charge in [-0.15, -0.1) is 0 Å². The summed E-state index contributed by atoms with van der Waals surface area (Å²) >= 11 is 0. The fourth-order valence-corrected chi connectivity index (χ4v) is 2.91. The van der Waals surface area contributed by atoms with Crippen LogP contribution in [0.4, 0.5) is 0 Å². The fraction of sp³-hybridized carbons (Fsp3) is 0.400. The molecule has 2 aromatic rings. The van der Waals surface area contributed by atoms with Crippen LogP contribution in [0, 0.1) is 0 Å². The van der Waals surface area contributed by atoms with Crippen LogP contribution in [0.25, 0.3) is 0 Å². The molecule has 0 heterocycles. The number of benzene rings is 2. The summed E-state index contributed by atoms with van der Waals surface area (Å²) in [5.74, 6) is 0. The van der Waals surface area contributed by atoms with Gasteiger partial charge in [0.15, 0.2) is 0 Å². The monoisotopic (exact) mass is 296 g/mol. The van der Waals surface area contributed by atoms with Crippen molar-refractivity contribution in [1.82, 2.24) is 5.32 Å². The van der Waals surface area contributed by atoms with Gasteiger partial charge in [0.05, 0.1) is 0 Å². The van der Waals surface area contributed by atoms with Crippen LogP contribution < -0.4 is 11.1 Å². The molecule has 0 aliphatic rings. The first-order valence-electron chi connectivity index (χ1n) is 8.40. The molecule has 0 atom stereocenters. The molecular formula is C20H28N2. The first-order chi connectivity index (χ1) is 10.9. The van der Waals surface area contributed by atoms with E-state index < -0.39 is 0 Å². The lowest BCUT2D eigenvalue weighted by Crippen LogP contribution is -2.34. The summed E-state index contributed by atoms with van der Waals surface area (Å²) in [5.41, 5.74) is 8.54. The van der Waals surface area contributed by atoms with Gasteiger partial charge in [-0.2, -0.15) is 0 Å². The Morgan fingerprint density at radius 2 is 1.18 bits per heavy atom. The van der Waals surface area contributed by atoms with Crippen molar-refractivity contribution in [2.75, 3.05) is 6.67 Å². The summed E-state index contributed by atoms with van der Waals surface area (Å²) in [6.45, 7) is 0.571. The largest absolute Gasteiger partial charge is 0.318 e. The minimum atomic E-state index is 0.539. The smallest absolute Gasteiger partial charge is 0.0430 e. The van der Waals surface area contributed by atoms with Crippen molar-refractivity contribution >= 4 is 0 Å². The normalized spacial score (nSPS) is 11.0. The standard InChI is InChI=1S/C20H28N2/c21-17-22-20(15-7-13-18-9-3-1-4-10-18)16-8-14-19-11-5-2-6-12-19/h1-6,9-12,20,22H,7-8,13-17,21H2. The highest BCUT2D eigenvalue weighted by Gasteiger charge is 2.07. The lowest BCUT2D eigenvalue weighted by Gasteiger charge is -2.17. The predicted molar refractivity (Wildman–Crippen MR) is 94.7 cm³/mol. The van der Waals surface area contributed by atoms with Gasteiger partial charge < -0.3 is 11.1 Å². The quantitative estimate of drug-likeness (QED) is 0.652. The third-order valence-corrected chi connectivity index (χ3v) is 4.13. The summed E-state index contributed by atoms with van der Waals surface area (Å²) in [5, 5.41) is 3.43. The highest BCUT2D eigenvalue weighted by Crippen LogP contribution is 2.12. The van der Waals surface area contributed by atoms with Crippen molar-refractivity contribution in [2.45, 2.75) is 44.6 Å². The van der Waals surface area contributed by atoms with Crippen LogP contribution in [-0.4, -0.2) is 12.7 Å². The molecule has 0 aliphatic carbocycles. The number of rotatable bonds is 10. The van der Waals surface area contributed by atoms with Crippen molar-refractivity contribution in [1.29, 1.82) is 0 Å². The number of nitrogens with two attached hydrogens (primary N) is 1. The average molecular weight is 296 g/mol. The molecule has 0 radical (unpaired) electrons. The van der Waals surface area contributed by atoms with Crippen molar-refractivity contribution in [2.24, 2.45) is 5.73 Å². The maximum Gasteiger partial charge on any atom is 0.0430 e. The molecular weight excluding hydrogens is 268 g/mol. The molecule has 3 N–H and O–H groups in total. The van der Waals surface area contributed by atoms with E-state index in [1.807, 2.05) is 0 Å². The van der Waals surface area contributed by atoms with E-state index in [2.05, 4.69) is 66.0 Å². The summed E-state index contributed by atoms with van der Waals surface area (Å²) in [4.78, 5) is 0. The summed E-state index contributed by atoms with van der Waals surface area (Å²) in [6.07, 6.45) is 7.13. The van der Waals surface area contributed by atoms with Crippen LogP contribution in [0.2, 0.25) is 0 Å². The molecule has 0 fully saturated rings. The molecule has 2 nitrogen and oxygen atoms in total. The summed E-state index contributed by atoms with van der Waals surface area (Å²) in [6, 6.07) is 22.0. The average Bonchev–Trinajstić information content (AvgIpc) is 2.57. The Hall–Kier alpha value is -1.64. The van der Waals surface area contributed by atoms with Crippen LogP contribution in [0.15, 0.2) is 60.7 Å². The molecule has 0 aliphatic heterocycles. The van der Waals surface area contributed by atoms with Crippen LogP contribution in [0.3, 0.4) is 0 Å². The molecule has 0 aromatic heterocycles. The minimum Gasteiger partial charge on any atom is -0.318 e. The van der Waals surface area contributed by atoms with Gasteiger partial charge in [0.2, 0.25) is 0 Å². The van der Waals surface area contributed by atoms with Gasteiger partial charge in [-0.3, -0.25) is 0 Å². The van der Waals surface area contributed by atoms with E-state index in [4.69, 9.17) is 5.73 Å². The highest BCUT2D eigenvalue weighted by atomic mass is 15.0. The maximum atomic E-state index is 5.68. The van der Waals surface area contributed by atoms with Crippen LogP contribution in [-0.2, 0) is 12.8 Å². The van der Waals surface area contributed by atoms with E-state index in [0.29, 0.717) is 12.7 Å². The molecule has 0 saturated carbocycles. The lowest BCUT2D eigenvalue weighted by molar-refractivity contribution is 0.436. The second-order valence-corrected chi connectivity index (χ2v) is 5.86. The SMILES string of the molecule is NCNC(CCCc1ccccc1)CCCc1ccccc1. The van der Waals surface area contributed by atoms with Gasteiger partial charge in [0.1, 0.15) is 0 Å².